The highest BCUT2D eigenvalue weighted by Crippen LogP contribution is 2.40. The minimum Gasteiger partial charge on any atom is -0.463 e. The maximum absolute atomic E-state index is 12.3. The van der Waals surface area contributed by atoms with E-state index in [2.05, 4.69) is 24.9 Å². The number of hydrogen-bond acceptors (Lipinski definition) is 4. The van der Waals surface area contributed by atoms with Crippen LogP contribution >= 0.6 is 22.9 Å². The van der Waals surface area contributed by atoms with Crippen molar-refractivity contribution in [2.45, 2.75) is 39.7 Å². The predicted molar refractivity (Wildman–Crippen MR) is 106 cm³/mol. The molecule has 25 heavy (non-hydrogen) atoms. The first-order chi connectivity index (χ1) is 12.0. The molecular formula is C20H24ClNO2S. The molecule has 2 heterocycles. The topological polar surface area (TPSA) is 29.5 Å². The van der Waals surface area contributed by atoms with Gasteiger partial charge in [-0.3, -0.25) is 0 Å². The summed E-state index contributed by atoms with van der Waals surface area (Å²) >= 11 is 8.23. The molecule has 5 heteroatoms. The van der Waals surface area contributed by atoms with Crippen molar-refractivity contribution < 1.29 is 9.53 Å². The summed E-state index contributed by atoms with van der Waals surface area (Å²) in [4.78, 5) is 15.8. The molecule has 0 atom stereocenters. The lowest BCUT2D eigenvalue weighted by molar-refractivity contribution is -0.138. The smallest absolute Gasteiger partial charge is 0.334 e. The average Bonchev–Trinajstić information content (AvgIpc) is 2.80. The van der Waals surface area contributed by atoms with Gasteiger partial charge in [0.05, 0.1) is 6.61 Å². The first kappa shape index (κ1) is 18.4. The number of thiophene rings is 1. The van der Waals surface area contributed by atoms with Crippen molar-refractivity contribution in [3.05, 3.63) is 38.7 Å². The number of rotatable bonds is 5. The molecule has 0 bridgehead atoms. The summed E-state index contributed by atoms with van der Waals surface area (Å²) in [5.41, 5.74) is 3.28. The Morgan fingerprint density at radius 1 is 1.36 bits per heavy atom. The van der Waals surface area contributed by atoms with Crippen molar-refractivity contribution in [1.82, 2.24) is 4.90 Å². The van der Waals surface area contributed by atoms with E-state index in [1.165, 1.54) is 21.2 Å². The van der Waals surface area contributed by atoms with E-state index in [-0.39, 0.29) is 5.97 Å². The fourth-order valence-electron chi connectivity index (χ4n) is 3.37. The van der Waals surface area contributed by atoms with Gasteiger partial charge in [0, 0.05) is 38.6 Å². The van der Waals surface area contributed by atoms with Gasteiger partial charge in [-0.05, 0) is 56.1 Å². The predicted octanol–water partition coefficient (Wildman–Crippen LogP) is 5.29. The Kier molecular flexibility index (Phi) is 5.82. The minimum atomic E-state index is -0.200. The largest absolute Gasteiger partial charge is 0.463 e. The van der Waals surface area contributed by atoms with Gasteiger partial charge >= 0.3 is 5.97 Å². The van der Waals surface area contributed by atoms with E-state index in [0.29, 0.717) is 6.61 Å². The van der Waals surface area contributed by atoms with Crippen LogP contribution in [0.5, 0.6) is 0 Å². The van der Waals surface area contributed by atoms with Crippen LogP contribution in [0.4, 0.5) is 0 Å². The fraction of sp³-hybridized carbons (Fsp3) is 0.450. The molecule has 0 saturated heterocycles. The number of halogens is 1. The highest BCUT2D eigenvalue weighted by atomic mass is 35.5. The molecule has 0 radical (unpaired) electrons. The van der Waals surface area contributed by atoms with E-state index in [0.717, 1.165) is 47.8 Å². The second kappa shape index (κ2) is 7.90. The maximum atomic E-state index is 12.3. The quantitative estimate of drug-likeness (QED) is 0.523. The first-order valence-corrected chi connectivity index (χ1v) is 10.0. The molecule has 1 aliphatic heterocycles. The van der Waals surface area contributed by atoms with Crippen LogP contribution in [0.15, 0.2) is 17.7 Å². The fourth-order valence-corrected chi connectivity index (χ4v) is 4.84. The summed E-state index contributed by atoms with van der Waals surface area (Å²) in [5, 5.41) is 2.13. The zero-order valence-corrected chi connectivity index (χ0v) is 16.6. The number of carbonyl (C=O) groups is 1. The summed E-state index contributed by atoms with van der Waals surface area (Å²) in [6, 6.07) is 4.10. The van der Waals surface area contributed by atoms with Gasteiger partial charge in [0.15, 0.2) is 0 Å². The number of hydrogen-bond donors (Lipinski definition) is 0. The second-order valence-corrected chi connectivity index (χ2v) is 7.96. The van der Waals surface area contributed by atoms with Gasteiger partial charge in [-0.15, -0.1) is 11.3 Å². The van der Waals surface area contributed by atoms with Gasteiger partial charge in [-0.25, -0.2) is 4.79 Å². The number of carbonyl (C=O) groups excluding carboxylic acids is 1. The highest BCUT2D eigenvalue weighted by Gasteiger charge is 2.22. The van der Waals surface area contributed by atoms with Gasteiger partial charge < -0.3 is 9.64 Å². The van der Waals surface area contributed by atoms with E-state index in [9.17, 15) is 4.79 Å². The summed E-state index contributed by atoms with van der Waals surface area (Å²) in [5.74, 6) is -0.200. The lowest BCUT2D eigenvalue weighted by Gasteiger charge is -2.13. The molecule has 2 aromatic rings. The molecule has 0 N–H and O–H groups in total. The number of benzene rings is 1. The van der Waals surface area contributed by atoms with E-state index in [1.54, 1.807) is 11.3 Å². The Morgan fingerprint density at radius 2 is 2.16 bits per heavy atom. The third-order valence-electron chi connectivity index (χ3n) is 4.57. The van der Waals surface area contributed by atoms with Crippen LogP contribution in [0.3, 0.4) is 0 Å². The molecule has 134 valence electrons. The van der Waals surface area contributed by atoms with Gasteiger partial charge in [-0.1, -0.05) is 24.9 Å². The van der Waals surface area contributed by atoms with Gasteiger partial charge in [0.2, 0.25) is 0 Å². The molecular weight excluding hydrogens is 354 g/mol. The van der Waals surface area contributed by atoms with E-state index >= 15 is 0 Å². The Labute approximate surface area is 158 Å². The zero-order valence-electron chi connectivity index (χ0n) is 15.0. The summed E-state index contributed by atoms with van der Waals surface area (Å²) in [7, 11) is 2.13. The standard InChI is InChI=1S/C20H24ClNO2S/c1-4-6-13(20(23)24-5-2)11-18-15-12-22(3)10-9-14-16(21)7-8-17(25-18)19(14)15/h7-8,11H,4-6,9-10,12H2,1-3H3. The molecule has 1 aliphatic rings. The summed E-state index contributed by atoms with van der Waals surface area (Å²) in [6.07, 6.45) is 4.65. The van der Waals surface area contributed by atoms with Crippen LogP contribution in [-0.4, -0.2) is 31.1 Å². The van der Waals surface area contributed by atoms with Crippen LogP contribution in [0.2, 0.25) is 5.02 Å². The maximum Gasteiger partial charge on any atom is 0.334 e. The third kappa shape index (κ3) is 3.76. The molecule has 0 saturated carbocycles. The van der Waals surface area contributed by atoms with Crippen molar-refractivity contribution in [3.8, 4) is 0 Å². The normalized spacial score (nSPS) is 15.4. The third-order valence-corrected chi connectivity index (χ3v) is 6.07. The van der Waals surface area contributed by atoms with Crippen molar-refractivity contribution >= 4 is 45.1 Å². The molecule has 3 nitrogen and oxygen atoms in total. The lowest BCUT2D eigenvalue weighted by Crippen LogP contribution is -2.18. The molecule has 0 fully saturated rings. The van der Waals surface area contributed by atoms with E-state index in [4.69, 9.17) is 16.3 Å². The van der Waals surface area contributed by atoms with Gasteiger partial charge in [-0.2, -0.15) is 0 Å². The van der Waals surface area contributed by atoms with Crippen molar-refractivity contribution in [3.63, 3.8) is 0 Å². The van der Waals surface area contributed by atoms with Crippen LogP contribution < -0.4 is 0 Å². The van der Waals surface area contributed by atoms with Crippen LogP contribution in [0, 0.1) is 0 Å². The number of likely N-dealkylation sites (N-methyl/N-ethyl adjacent to an activating group) is 1. The molecule has 1 aromatic heterocycles. The number of nitrogens with zero attached hydrogens (tertiary/aromatic N) is 1. The zero-order chi connectivity index (χ0) is 18.0. The lowest BCUT2D eigenvalue weighted by atomic mass is 10.0. The Balaban J connectivity index is 2.15. The average molecular weight is 378 g/mol. The Bertz CT molecular complexity index is 825. The summed E-state index contributed by atoms with van der Waals surface area (Å²) < 4.78 is 6.49. The minimum absolute atomic E-state index is 0.200. The van der Waals surface area contributed by atoms with Crippen LogP contribution in [0.1, 0.15) is 42.7 Å². The van der Waals surface area contributed by atoms with Crippen LogP contribution in [0.25, 0.3) is 16.2 Å². The van der Waals surface area contributed by atoms with Gasteiger partial charge in [0.1, 0.15) is 0 Å². The molecule has 0 unspecified atom stereocenters. The van der Waals surface area contributed by atoms with Crippen molar-refractivity contribution in [2.24, 2.45) is 0 Å². The van der Waals surface area contributed by atoms with Crippen LogP contribution in [-0.2, 0) is 22.5 Å². The molecule has 1 aromatic carbocycles. The van der Waals surface area contributed by atoms with Gasteiger partial charge in [0.25, 0.3) is 0 Å². The molecule has 3 rings (SSSR count). The van der Waals surface area contributed by atoms with Crippen molar-refractivity contribution in [1.29, 1.82) is 0 Å². The first-order valence-electron chi connectivity index (χ1n) is 8.84. The van der Waals surface area contributed by atoms with Crippen molar-refractivity contribution in [2.75, 3.05) is 20.2 Å². The Morgan fingerprint density at radius 3 is 2.88 bits per heavy atom. The van der Waals surface area contributed by atoms with E-state index < -0.39 is 0 Å². The van der Waals surface area contributed by atoms with E-state index in [1.807, 2.05) is 19.1 Å². The molecule has 0 aliphatic carbocycles. The summed E-state index contributed by atoms with van der Waals surface area (Å²) in [6.45, 7) is 6.20. The monoisotopic (exact) mass is 377 g/mol. The SMILES string of the molecule is CCCC(=Cc1sc2ccc(Cl)c3c2c1CN(C)CC3)C(=O)OCC. The molecule has 0 amide bonds. The second-order valence-electron chi connectivity index (χ2n) is 6.47. The molecule has 0 spiro atoms. The highest BCUT2D eigenvalue weighted by molar-refractivity contribution is 7.20. The Hall–Kier alpha value is -1.36. The number of ether oxygens (including phenoxy) is 1. The number of esters is 1.